The molecule has 0 fully saturated rings. The van der Waals surface area contributed by atoms with Crippen LogP contribution in [0.2, 0.25) is 5.02 Å². The van der Waals surface area contributed by atoms with E-state index in [1.54, 1.807) is 12.3 Å². The summed E-state index contributed by atoms with van der Waals surface area (Å²) in [7, 11) is 0. The molecule has 88 valence electrons. The predicted octanol–water partition coefficient (Wildman–Crippen LogP) is 2.72. The summed E-state index contributed by atoms with van der Waals surface area (Å²) in [6, 6.07) is 5.49. The van der Waals surface area contributed by atoms with E-state index in [9.17, 15) is 0 Å². The fraction of sp³-hybridized carbons (Fsp3) is 0.167. The molecule has 1 heterocycles. The van der Waals surface area contributed by atoms with Crippen molar-refractivity contribution in [2.45, 2.75) is 13.3 Å². The first kappa shape index (κ1) is 12.1. The van der Waals surface area contributed by atoms with Crippen molar-refractivity contribution in [2.24, 2.45) is 5.73 Å². The normalized spacial score (nSPS) is 10.5. The minimum atomic E-state index is 0.332. The van der Waals surface area contributed by atoms with Crippen molar-refractivity contribution in [3.05, 3.63) is 47.0 Å². The van der Waals surface area contributed by atoms with Gasteiger partial charge in [0.1, 0.15) is 10.8 Å². The molecule has 1 aromatic heterocycles. The Morgan fingerprint density at radius 2 is 2.29 bits per heavy atom. The van der Waals surface area contributed by atoms with Gasteiger partial charge >= 0.3 is 0 Å². The van der Waals surface area contributed by atoms with Crippen LogP contribution in [0.15, 0.2) is 30.6 Å². The van der Waals surface area contributed by atoms with Gasteiger partial charge in [-0.2, -0.15) is 0 Å². The van der Waals surface area contributed by atoms with Crippen LogP contribution in [0, 0.1) is 0 Å². The minimum absolute atomic E-state index is 0.332. The number of thiocarbonyl (C=S) groups is 1. The molecule has 1 aromatic carbocycles. The van der Waals surface area contributed by atoms with Gasteiger partial charge in [-0.25, -0.2) is 4.98 Å². The van der Waals surface area contributed by atoms with E-state index in [0.717, 1.165) is 23.5 Å². The molecule has 5 heteroatoms. The van der Waals surface area contributed by atoms with E-state index in [1.807, 2.05) is 22.9 Å². The Kier molecular flexibility index (Phi) is 3.45. The second kappa shape index (κ2) is 4.85. The Morgan fingerprint density at radius 3 is 2.94 bits per heavy atom. The maximum Gasteiger partial charge on any atom is 0.112 e. The molecular formula is C12H12ClN3S. The topological polar surface area (TPSA) is 43.8 Å². The van der Waals surface area contributed by atoms with Crippen LogP contribution in [-0.2, 0) is 6.42 Å². The molecule has 0 aliphatic rings. The highest BCUT2D eigenvalue weighted by molar-refractivity contribution is 7.80. The molecule has 0 amide bonds. The van der Waals surface area contributed by atoms with E-state index in [-0.39, 0.29) is 0 Å². The third-order valence-electron chi connectivity index (χ3n) is 2.52. The average molecular weight is 266 g/mol. The van der Waals surface area contributed by atoms with Crippen molar-refractivity contribution in [3.63, 3.8) is 0 Å². The number of halogens is 1. The van der Waals surface area contributed by atoms with Gasteiger partial charge in [-0.15, -0.1) is 0 Å². The average Bonchev–Trinajstić information content (AvgIpc) is 2.76. The number of aryl methyl sites for hydroxylation is 1. The van der Waals surface area contributed by atoms with Crippen LogP contribution in [0.1, 0.15) is 18.3 Å². The van der Waals surface area contributed by atoms with Crippen LogP contribution in [-0.4, -0.2) is 14.5 Å². The number of rotatable bonds is 3. The van der Waals surface area contributed by atoms with Gasteiger partial charge < -0.3 is 10.3 Å². The van der Waals surface area contributed by atoms with Crippen LogP contribution in [0.4, 0.5) is 0 Å². The fourth-order valence-corrected chi connectivity index (χ4v) is 2.07. The van der Waals surface area contributed by atoms with Crippen LogP contribution in [0.3, 0.4) is 0 Å². The van der Waals surface area contributed by atoms with Crippen molar-refractivity contribution >= 4 is 28.8 Å². The van der Waals surface area contributed by atoms with Gasteiger partial charge in [-0.05, 0) is 18.2 Å². The van der Waals surface area contributed by atoms with Gasteiger partial charge in [0.25, 0.3) is 0 Å². The van der Waals surface area contributed by atoms with E-state index < -0.39 is 0 Å². The van der Waals surface area contributed by atoms with Crippen molar-refractivity contribution in [1.29, 1.82) is 0 Å². The number of nitrogens with zero attached hydrogens (tertiary/aromatic N) is 2. The molecule has 0 aliphatic carbocycles. The lowest BCUT2D eigenvalue weighted by Crippen LogP contribution is -2.14. The van der Waals surface area contributed by atoms with Crippen molar-refractivity contribution in [2.75, 3.05) is 0 Å². The number of benzene rings is 1. The third-order valence-corrected chi connectivity index (χ3v) is 2.97. The number of aromatic nitrogens is 2. The zero-order chi connectivity index (χ0) is 12.4. The fourth-order valence-electron chi connectivity index (χ4n) is 1.73. The largest absolute Gasteiger partial charge is 0.389 e. The lowest BCUT2D eigenvalue weighted by Gasteiger charge is -2.12. The summed E-state index contributed by atoms with van der Waals surface area (Å²) in [5.41, 5.74) is 7.40. The lowest BCUT2D eigenvalue weighted by atomic mass is 10.1. The minimum Gasteiger partial charge on any atom is -0.389 e. The van der Waals surface area contributed by atoms with Crippen LogP contribution < -0.4 is 5.73 Å². The van der Waals surface area contributed by atoms with Gasteiger partial charge in [0.05, 0.1) is 5.69 Å². The quantitative estimate of drug-likeness (QED) is 0.868. The number of nitrogens with two attached hydrogens (primary N) is 1. The number of hydrogen-bond donors (Lipinski definition) is 1. The van der Waals surface area contributed by atoms with Gasteiger partial charge in [0.2, 0.25) is 0 Å². The number of imidazole rings is 1. The summed E-state index contributed by atoms with van der Waals surface area (Å²) in [6.45, 7) is 2.05. The highest BCUT2D eigenvalue weighted by Crippen LogP contribution is 2.21. The Morgan fingerprint density at radius 1 is 1.53 bits per heavy atom. The summed E-state index contributed by atoms with van der Waals surface area (Å²) in [6.07, 6.45) is 4.49. The lowest BCUT2D eigenvalue weighted by molar-refractivity contribution is 0.890. The second-order valence-corrected chi connectivity index (χ2v) is 4.47. The standard InChI is InChI=1S/C12H12ClN3S/c1-2-11-15-5-6-16(11)10-4-3-8(13)7-9(10)12(14)17/h3-7H,2H2,1H3,(H2,14,17). The highest BCUT2D eigenvalue weighted by atomic mass is 35.5. The monoisotopic (exact) mass is 265 g/mol. The van der Waals surface area contributed by atoms with Gasteiger partial charge in [0.15, 0.2) is 0 Å². The van der Waals surface area contributed by atoms with Crippen LogP contribution in [0.5, 0.6) is 0 Å². The molecule has 2 aromatic rings. The zero-order valence-corrected chi connectivity index (χ0v) is 10.9. The highest BCUT2D eigenvalue weighted by Gasteiger charge is 2.10. The summed E-state index contributed by atoms with van der Waals surface area (Å²) < 4.78 is 1.98. The maximum atomic E-state index is 5.96. The van der Waals surface area contributed by atoms with Crippen molar-refractivity contribution in [1.82, 2.24) is 9.55 Å². The zero-order valence-electron chi connectivity index (χ0n) is 9.35. The Bertz CT molecular complexity index is 563. The van der Waals surface area contributed by atoms with Crippen LogP contribution in [0.25, 0.3) is 5.69 Å². The molecule has 0 aliphatic heterocycles. The van der Waals surface area contributed by atoms with Crippen LogP contribution >= 0.6 is 23.8 Å². The second-order valence-electron chi connectivity index (χ2n) is 3.59. The summed E-state index contributed by atoms with van der Waals surface area (Å²) >= 11 is 11.0. The van der Waals surface area contributed by atoms with Crippen molar-refractivity contribution in [3.8, 4) is 5.69 Å². The molecule has 2 N–H and O–H groups in total. The molecule has 0 saturated heterocycles. The Labute approximate surface area is 110 Å². The molecule has 0 atom stereocenters. The summed E-state index contributed by atoms with van der Waals surface area (Å²) in [5.74, 6) is 0.963. The molecule has 0 bridgehead atoms. The van der Waals surface area contributed by atoms with E-state index in [4.69, 9.17) is 29.6 Å². The van der Waals surface area contributed by atoms with Crippen molar-refractivity contribution < 1.29 is 0 Å². The van der Waals surface area contributed by atoms with E-state index in [1.165, 1.54) is 0 Å². The first-order valence-electron chi connectivity index (χ1n) is 5.25. The van der Waals surface area contributed by atoms with E-state index in [0.29, 0.717) is 10.0 Å². The van der Waals surface area contributed by atoms with Gasteiger partial charge in [-0.1, -0.05) is 30.7 Å². The molecule has 0 saturated carbocycles. The smallest absolute Gasteiger partial charge is 0.112 e. The molecule has 0 radical (unpaired) electrons. The number of hydrogen-bond acceptors (Lipinski definition) is 2. The first-order chi connectivity index (χ1) is 8.13. The maximum absolute atomic E-state index is 5.96. The molecule has 3 nitrogen and oxygen atoms in total. The molecule has 2 rings (SSSR count). The van der Waals surface area contributed by atoms with E-state index in [2.05, 4.69) is 11.9 Å². The molecular weight excluding hydrogens is 254 g/mol. The summed E-state index contributed by atoms with van der Waals surface area (Å²) in [5, 5.41) is 0.620. The Balaban J connectivity index is 2.63. The summed E-state index contributed by atoms with van der Waals surface area (Å²) in [4.78, 5) is 4.61. The van der Waals surface area contributed by atoms with Gasteiger partial charge in [-0.3, -0.25) is 0 Å². The molecule has 17 heavy (non-hydrogen) atoms. The molecule has 0 spiro atoms. The predicted molar refractivity (Wildman–Crippen MR) is 73.8 cm³/mol. The Hall–Kier alpha value is -1.39. The molecule has 0 unspecified atom stereocenters. The third kappa shape index (κ3) is 2.33. The first-order valence-corrected chi connectivity index (χ1v) is 6.04. The SMILES string of the molecule is CCc1nccn1-c1ccc(Cl)cc1C(N)=S. The van der Waals surface area contributed by atoms with E-state index >= 15 is 0 Å². The van der Waals surface area contributed by atoms with Gasteiger partial charge in [0, 0.05) is 29.4 Å².